The van der Waals surface area contributed by atoms with Crippen molar-refractivity contribution < 1.29 is 34.1 Å². The molecule has 0 atom stereocenters. The number of hydrogen-bond donors (Lipinski definition) is 5. The number of aromatic hydroxyl groups is 1. The van der Waals surface area contributed by atoms with Crippen LogP contribution < -0.4 is 20.4 Å². The highest BCUT2D eigenvalue weighted by molar-refractivity contribution is 5.90. The SMILES string of the molecule is COc1ccc(-c2c(C#N)cc(N3CCC(NCc4cnc(/C=C/C(=O)NO)nc4)CC3)nc2-c2ccc(C#N)c(F)c2)cc1O.O=CO. The molecule has 1 amide bonds. The van der Waals surface area contributed by atoms with E-state index < -0.39 is 11.7 Å². The minimum atomic E-state index is -0.702. The van der Waals surface area contributed by atoms with E-state index in [0.717, 1.165) is 24.5 Å². The van der Waals surface area contributed by atoms with Crippen molar-refractivity contribution in [3.05, 3.63) is 89.3 Å². The Morgan fingerprint density at radius 3 is 2.35 bits per heavy atom. The third-order valence-corrected chi connectivity index (χ3v) is 7.59. The second-order valence-corrected chi connectivity index (χ2v) is 10.6. The van der Waals surface area contributed by atoms with E-state index in [9.17, 15) is 24.8 Å². The van der Waals surface area contributed by atoms with E-state index in [0.29, 0.717) is 59.2 Å². The Hall–Kier alpha value is -6.42. The number of carbonyl (C=O) groups is 2. The lowest BCUT2D eigenvalue weighted by atomic mass is 9.94. The molecule has 0 bridgehead atoms. The van der Waals surface area contributed by atoms with Crippen molar-refractivity contribution in [2.75, 3.05) is 25.1 Å². The van der Waals surface area contributed by atoms with Gasteiger partial charge in [-0.2, -0.15) is 10.5 Å². The highest BCUT2D eigenvalue weighted by atomic mass is 19.1. The van der Waals surface area contributed by atoms with Crippen LogP contribution in [0.1, 0.15) is 35.4 Å². The largest absolute Gasteiger partial charge is 0.504 e. The van der Waals surface area contributed by atoms with Gasteiger partial charge in [-0.1, -0.05) is 12.1 Å². The number of anilines is 1. The smallest absolute Gasteiger partial charge is 0.290 e. The summed E-state index contributed by atoms with van der Waals surface area (Å²) in [6.45, 7) is 1.58. The van der Waals surface area contributed by atoms with Crippen LogP contribution in [0.5, 0.6) is 11.5 Å². The molecule has 250 valence electrons. The highest BCUT2D eigenvalue weighted by Gasteiger charge is 2.24. The van der Waals surface area contributed by atoms with E-state index in [1.807, 2.05) is 6.07 Å². The number of amides is 1. The zero-order valence-corrected chi connectivity index (χ0v) is 26.2. The maximum Gasteiger partial charge on any atom is 0.290 e. The van der Waals surface area contributed by atoms with E-state index >= 15 is 0 Å². The maximum atomic E-state index is 14.8. The highest BCUT2D eigenvalue weighted by Crippen LogP contribution is 2.40. The Bertz CT molecular complexity index is 1920. The van der Waals surface area contributed by atoms with Crippen LogP contribution in [-0.4, -0.2) is 69.0 Å². The molecule has 2 aromatic carbocycles. The van der Waals surface area contributed by atoms with Crippen molar-refractivity contribution in [1.29, 1.82) is 10.5 Å². The molecule has 0 aliphatic carbocycles. The van der Waals surface area contributed by atoms with Crippen molar-refractivity contribution >= 4 is 24.3 Å². The summed E-state index contributed by atoms with van der Waals surface area (Å²) in [5.74, 6) is -0.336. The van der Waals surface area contributed by atoms with Crippen LogP contribution in [0.3, 0.4) is 0 Å². The third-order valence-electron chi connectivity index (χ3n) is 7.59. The van der Waals surface area contributed by atoms with Gasteiger partial charge in [0, 0.05) is 60.8 Å². The van der Waals surface area contributed by atoms with Gasteiger partial charge in [0.25, 0.3) is 12.4 Å². The molecule has 0 saturated carbocycles. The third kappa shape index (κ3) is 8.89. The lowest BCUT2D eigenvalue weighted by molar-refractivity contribution is -0.124. The monoisotopic (exact) mass is 666 g/mol. The lowest BCUT2D eigenvalue weighted by Gasteiger charge is -2.34. The van der Waals surface area contributed by atoms with Gasteiger partial charge >= 0.3 is 0 Å². The number of ether oxygens (including phenoxy) is 1. The van der Waals surface area contributed by atoms with E-state index in [1.54, 1.807) is 36.7 Å². The summed E-state index contributed by atoms with van der Waals surface area (Å²) in [7, 11) is 1.44. The Balaban J connectivity index is 0.00000174. The molecule has 5 rings (SSSR count). The number of nitriles is 2. The first-order chi connectivity index (χ1) is 23.7. The van der Waals surface area contributed by atoms with Crippen molar-refractivity contribution in [1.82, 2.24) is 25.7 Å². The lowest BCUT2D eigenvalue weighted by Crippen LogP contribution is -2.42. The number of rotatable bonds is 9. The van der Waals surface area contributed by atoms with E-state index in [2.05, 4.69) is 26.3 Å². The molecule has 0 radical (unpaired) electrons. The molecular weight excluding hydrogens is 635 g/mol. The van der Waals surface area contributed by atoms with Crippen molar-refractivity contribution in [2.24, 2.45) is 0 Å². The van der Waals surface area contributed by atoms with Crippen molar-refractivity contribution in [2.45, 2.75) is 25.4 Å². The van der Waals surface area contributed by atoms with E-state index in [4.69, 9.17) is 24.8 Å². The minimum Gasteiger partial charge on any atom is -0.504 e. The number of phenolic OH excluding ortho intramolecular Hbond substituents is 1. The number of carboxylic acid groups (broad SMARTS) is 1. The fourth-order valence-corrected chi connectivity index (χ4v) is 5.19. The number of nitrogens with zero attached hydrogens (tertiary/aromatic N) is 6. The Kier molecular flexibility index (Phi) is 12.2. The zero-order valence-electron chi connectivity index (χ0n) is 26.2. The molecule has 1 fully saturated rings. The summed E-state index contributed by atoms with van der Waals surface area (Å²) >= 11 is 0. The van der Waals surface area contributed by atoms with Crippen LogP contribution >= 0.6 is 0 Å². The summed E-state index contributed by atoms with van der Waals surface area (Å²) in [6.07, 6.45) is 7.42. The Morgan fingerprint density at radius 1 is 1.08 bits per heavy atom. The van der Waals surface area contributed by atoms with Crippen LogP contribution in [0, 0.1) is 28.5 Å². The molecule has 3 heterocycles. The predicted octanol–water partition coefficient (Wildman–Crippen LogP) is 3.78. The molecule has 0 unspecified atom stereocenters. The number of hydroxylamine groups is 1. The van der Waals surface area contributed by atoms with Crippen LogP contribution in [0.2, 0.25) is 0 Å². The van der Waals surface area contributed by atoms with E-state index in [1.165, 1.54) is 36.9 Å². The summed E-state index contributed by atoms with van der Waals surface area (Å²) in [6, 6.07) is 14.9. The van der Waals surface area contributed by atoms with Gasteiger partial charge in [0.2, 0.25) is 0 Å². The molecule has 2 aromatic heterocycles. The van der Waals surface area contributed by atoms with Gasteiger partial charge in [-0.25, -0.2) is 24.8 Å². The second kappa shape index (κ2) is 16.9. The molecule has 49 heavy (non-hydrogen) atoms. The van der Waals surface area contributed by atoms with Gasteiger partial charge in [0.05, 0.1) is 30.0 Å². The van der Waals surface area contributed by atoms with Crippen LogP contribution in [0.15, 0.2) is 60.9 Å². The first kappa shape index (κ1) is 35.4. The first-order valence-corrected chi connectivity index (χ1v) is 14.8. The van der Waals surface area contributed by atoms with Crippen LogP contribution in [0.25, 0.3) is 28.5 Å². The molecule has 15 heteroatoms. The van der Waals surface area contributed by atoms with Crippen LogP contribution in [-0.2, 0) is 16.1 Å². The predicted molar refractivity (Wildman–Crippen MR) is 174 cm³/mol. The van der Waals surface area contributed by atoms with Gasteiger partial charge < -0.3 is 25.2 Å². The molecule has 4 aromatic rings. The minimum absolute atomic E-state index is 0.106. The van der Waals surface area contributed by atoms with Gasteiger partial charge in [0.15, 0.2) is 17.3 Å². The number of pyridine rings is 1. The van der Waals surface area contributed by atoms with Crippen molar-refractivity contribution in [3.63, 3.8) is 0 Å². The van der Waals surface area contributed by atoms with E-state index in [-0.39, 0.29) is 29.6 Å². The quantitative estimate of drug-likeness (QED) is 0.0744. The number of piperidine rings is 1. The summed E-state index contributed by atoms with van der Waals surface area (Å²) in [5.41, 5.74) is 4.21. The molecule has 5 N–H and O–H groups in total. The number of hydrogen-bond acceptors (Lipinski definition) is 12. The maximum absolute atomic E-state index is 14.8. The molecule has 0 spiro atoms. The second-order valence-electron chi connectivity index (χ2n) is 10.6. The standard InChI is InChI=1S/C33H29FN8O4.CH2O2/c1-46-28-5-4-21(13-27(28)43)32-24(16-36)14-30(40-33(32)22-2-3-23(15-35)26(34)12-22)42-10-8-25(9-11-42)37-17-20-18-38-29(39-19-20)6-7-31(44)41-45;2-1-3/h2-7,12-14,18-19,25,37,43,45H,8-11,17H2,1H3,(H,41,44);1H,(H,2,3)/b7-6+;. The van der Waals surface area contributed by atoms with Gasteiger partial charge in [-0.05, 0) is 54.8 Å². The van der Waals surface area contributed by atoms with Gasteiger partial charge in [-0.3, -0.25) is 14.8 Å². The van der Waals surface area contributed by atoms with Crippen LogP contribution in [0.4, 0.5) is 10.2 Å². The summed E-state index contributed by atoms with van der Waals surface area (Å²) < 4.78 is 20.0. The molecule has 1 aliphatic rings. The Morgan fingerprint density at radius 2 is 1.76 bits per heavy atom. The molecule has 1 saturated heterocycles. The fraction of sp³-hybridized carbons (Fsp3) is 0.206. The normalized spacial score (nSPS) is 12.7. The summed E-state index contributed by atoms with van der Waals surface area (Å²) in [5, 5.41) is 48.9. The topological polar surface area (TPSA) is 218 Å². The number of nitrogens with one attached hydrogen (secondary N) is 2. The fourth-order valence-electron chi connectivity index (χ4n) is 5.19. The molecule has 1 aliphatic heterocycles. The number of aromatic nitrogens is 3. The average Bonchev–Trinajstić information content (AvgIpc) is 3.13. The van der Waals surface area contributed by atoms with Gasteiger partial charge in [-0.15, -0.1) is 0 Å². The number of halogens is 1. The Labute approximate surface area is 280 Å². The number of methoxy groups -OCH3 is 1. The molecular formula is C34H31FN8O6. The number of phenols is 1. The number of carbonyl (C=O) groups excluding carboxylic acids is 1. The first-order valence-electron chi connectivity index (χ1n) is 14.8. The molecule has 14 nitrogen and oxygen atoms in total. The average molecular weight is 667 g/mol. The zero-order chi connectivity index (χ0) is 35.3. The number of benzene rings is 2. The van der Waals surface area contributed by atoms with Crippen molar-refractivity contribution in [3.8, 4) is 46.0 Å². The summed E-state index contributed by atoms with van der Waals surface area (Å²) in [4.78, 5) is 34.9. The van der Waals surface area contributed by atoms with Gasteiger partial charge in [0.1, 0.15) is 17.7 Å².